The highest BCUT2D eigenvalue weighted by Crippen LogP contribution is 2.13. The lowest BCUT2D eigenvalue weighted by Crippen LogP contribution is -2.46. The Balaban J connectivity index is -0.000000141. The summed E-state index contributed by atoms with van der Waals surface area (Å²) in [7, 11) is 1.82. The van der Waals surface area contributed by atoms with Crippen LogP contribution in [0.1, 0.15) is 74.7 Å². The van der Waals surface area contributed by atoms with Crippen LogP contribution in [0.2, 0.25) is 0 Å². The molecule has 1 unspecified atom stereocenters. The van der Waals surface area contributed by atoms with E-state index in [1.807, 2.05) is 55.5 Å². The van der Waals surface area contributed by atoms with Gasteiger partial charge in [0, 0.05) is 0 Å². The molecule has 0 aliphatic rings. The monoisotopic (exact) mass is 262 g/mol. The van der Waals surface area contributed by atoms with Crippen molar-refractivity contribution in [1.29, 1.82) is 0 Å². The first-order valence-corrected chi connectivity index (χ1v) is 7.47. The molecule has 0 aliphatic carbocycles. The minimum atomic E-state index is -0.352. The zero-order valence-electron chi connectivity index (χ0n) is 14.3. The van der Waals surface area contributed by atoms with Gasteiger partial charge in [0.1, 0.15) is 5.78 Å². The van der Waals surface area contributed by atoms with Crippen LogP contribution in [0.3, 0.4) is 0 Å². The second-order valence-electron chi connectivity index (χ2n) is 3.38. The summed E-state index contributed by atoms with van der Waals surface area (Å²) in [6.07, 6.45) is 2.87. The lowest BCUT2D eigenvalue weighted by Gasteiger charge is -2.25. The van der Waals surface area contributed by atoms with Gasteiger partial charge < -0.3 is 11.1 Å². The fourth-order valence-electron chi connectivity index (χ4n) is 1.10. The van der Waals surface area contributed by atoms with E-state index < -0.39 is 0 Å². The van der Waals surface area contributed by atoms with Crippen LogP contribution in [0.5, 0.6) is 0 Å². The Morgan fingerprint density at radius 3 is 1.67 bits per heavy atom. The average molecular weight is 262 g/mol. The SMILES string of the molecule is CC.CC.CC.CNC(C)(CCCCN)C(C)=O. The van der Waals surface area contributed by atoms with Crippen molar-refractivity contribution in [3.8, 4) is 0 Å². The summed E-state index contributed by atoms with van der Waals surface area (Å²) in [4.78, 5) is 11.2. The second-order valence-corrected chi connectivity index (χ2v) is 3.38. The molecule has 1 atom stereocenters. The highest BCUT2D eigenvalue weighted by Gasteiger charge is 2.26. The quantitative estimate of drug-likeness (QED) is 0.717. The number of carbonyl (C=O) groups excluding carboxylic acids is 1. The van der Waals surface area contributed by atoms with Crippen molar-refractivity contribution in [3.63, 3.8) is 0 Å². The number of nitrogens with two attached hydrogens (primary N) is 1. The standard InChI is InChI=1S/C9H20N2O.3C2H6/c1-8(12)9(2,11-3)6-4-5-7-10;3*1-2/h11H,4-7,10H2,1-3H3;3*1-2H3. The first-order chi connectivity index (χ1) is 8.56. The summed E-state index contributed by atoms with van der Waals surface area (Å²) < 4.78 is 0. The average Bonchev–Trinajstić information content (AvgIpc) is 2.45. The maximum absolute atomic E-state index is 11.2. The van der Waals surface area contributed by atoms with E-state index in [4.69, 9.17) is 5.73 Å². The third-order valence-electron chi connectivity index (χ3n) is 2.46. The van der Waals surface area contributed by atoms with Gasteiger partial charge >= 0.3 is 0 Å². The summed E-state index contributed by atoms with van der Waals surface area (Å²) in [6.45, 7) is 16.3. The van der Waals surface area contributed by atoms with Gasteiger partial charge in [0.2, 0.25) is 0 Å². The first kappa shape index (κ1) is 26.2. The van der Waals surface area contributed by atoms with Gasteiger partial charge in [-0.25, -0.2) is 0 Å². The van der Waals surface area contributed by atoms with Crippen molar-refractivity contribution in [2.24, 2.45) is 5.73 Å². The maximum atomic E-state index is 11.2. The van der Waals surface area contributed by atoms with Crippen LogP contribution in [-0.2, 0) is 4.79 Å². The van der Waals surface area contributed by atoms with Gasteiger partial charge in [-0.05, 0) is 46.7 Å². The van der Waals surface area contributed by atoms with E-state index in [0.29, 0.717) is 6.54 Å². The van der Waals surface area contributed by atoms with Crippen LogP contribution in [0.4, 0.5) is 0 Å². The van der Waals surface area contributed by atoms with Gasteiger partial charge in [-0.1, -0.05) is 41.5 Å². The fraction of sp³-hybridized carbons (Fsp3) is 0.933. The number of hydrogen-bond acceptors (Lipinski definition) is 3. The molecule has 0 radical (unpaired) electrons. The first-order valence-electron chi connectivity index (χ1n) is 7.47. The molecule has 0 heterocycles. The van der Waals surface area contributed by atoms with Crippen LogP contribution in [0.25, 0.3) is 0 Å². The predicted octanol–water partition coefficient (Wildman–Crippen LogP) is 3.76. The van der Waals surface area contributed by atoms with E-state index in [1.165, 1.54) is 0 Å². The third kappa shape index (κ3) is 15.6. The normalized spacial score (nSPS) is 11.4. The summed E-state index contributed by atoms with van der Waals surface area (Å²) in [6, 6.07) is 0. The Hall–Kier alpha value is -0.410. The molecule has 3 N–H and O–H groups in total. The highest BCUT2D eigenvalue weighted by molar-refractivity contribution is 5.85. The van der Waals surface area contributed by atoms with Crippen molar-refractivity contribution >= 4 is 5.78 Å². The van der Waals surface area contributed by atoms with E-state index in [1.54, 1.807) is 6.92 Å². The molecule has 3 nitrogen and oxygen atoms in total. The Bertz CT molecular complexity index is 149. The van der Waals surface area contributed by atoms with Gasteiger partial charge in [-0.2, -0.15) is 0 Å². The molecule has 114 valence electrons. The number of rotatable bonds is 6. The molecule has 3 heteroatoms. The van der Waals surface area contributed by atoms with E-state index in [2.05, 4.69) is 5.32 Å². The van der Waals surface area contributed by atoms with Crippen LogP contribution >= 0.6 is 0 Å². The van der Waals surface area contributed by atoms with Gasteiger partial charge in [0.15, 0.2) is 0 Å². The number of likely N-dealkylation sites (N-methyl/N-ethyl adjacent to an activating group) is 1. The number of hydrogen-bond donors (Lipinski definition) is 2. The number of unbranched alkanes of at least 4 members (excludes halogenated alkanes) is 1. The van der Waals surface area contributed by atoms with Crippen LogP contribution in [0.15, 0.2) is 0 Å². The smallest absolute Gasteiger partial charge is 0.149 e. The van der Waals surface area contributed by atoms with Gasteiger partial charge in [0.25, 0.3) is 0 Å². The molecule has 0 aliphatic heterocycles. The zero-order valence-corrected chi connectivity index (χ0v) is 14.3. The summed E-state index contributed by atoms with van der Waals surface area (Å²) in [5, 5.41) is 3.05. The molecule has 0 saturated heterocycles. The Kier molecular flexibility index (Phi) is 31.8. The number of nitrogens with one attached hydrogen (secondary N) is 1. The van der Waals surface area contributed by atoms with Crippen molar-refractivity contribution in [1.82, 2.24) is 5.32 Å². The molecule has 0 saturated carbocycles. The molecule has 0 aromatic heterocycles. The largest absolute Gasteiger partial charge is 0.330 e. The minimum absolute atomic E-state index is 0.196. The number of Topliss-reactive ketones (excluding diaryl/α,β-unsaturated/α-hetero) is 1. The van der Waals surface area contributed by atoms with Crippen molar-refractivity contribution in [2.75, 3.05) is 13.6 Å². The molecular formula is C15H38N2O. The fourth-order valence-corrected chi connectivity index (χ4v) is 1.10. The van der Waals surface area contributed by atoms with Gasteiger partial charge in [0.05, 0.1) is 5.54 Å². The Labute approximate surface area is 116 Å². The lowest BCUT2D eigenvalue weighted by atomic mass is 9.91. The molecule has 18 heavy (non-hydrogen) atoms. The van der Waals surface area contributed by atoms with E-state index in [9.17, 15) is 4.79 Å². The predicted molar refractivity (Wildman–Crippen MR) is 85.1 cm³/mol. The molecule has 0 aromatic carbocycles. The third-order valence-corrected chi connectivity index (χ3v) is 2.46. The highest BCUT2D eigenvalue weighted by atomic mass is 16.1. The molecule has 0 bridgehead atoms. The number of carbonyl (C=O) groups is 1. The molecule has 0 aromatic rings. The molecule has 0 amide bonds. The maximum Gasteiger partial charge on any atom is 0.149 e. The summed E-state index contributed by atoms with van der Waals surface area (Å²) in [5.74, 6) is 0.196. The zero-order chi connectivity index (χ0) is 15.6. The van der Waals surface area contributed by atoms with Crippen molar-refractivity contribution < 1.29 is 4.79 Å². The van der Waals surface area contributed by atoms with Crippen LogP contribution in [0, 0.1) is 0 Å². The lowest BCUT2D eigenvalue weighted by molar-refractivity contribution is -0.122. The molecule has 0 spiro atoms. The van der Waals surface area contributed by atoms with Crippen LogP contribution in [-0.4, -0.2) is 24.9 Å². The molecule has 0 rings (SSSR count). The van der Waals surface area contributed by atoms with Crippen molar-refractivity contribution in [3.05, 3.63) is 0 Å². The Morgan fingerprint density at radius 2 is 1.44 bits per heavy atom. The minimum Gasteiger partial charge on any atom is -0.330 e. The second kappa shape index (κ2) is 21.8. The summed E-state index contributed by atoms with van der Waals surface area (Å²) in [5.41, 5.74) is 5.02. The van der Waals surface area contributed by atoms with Crippen molar-refractivity contribution in [2.45, 2.75) is 80.2 Å². The van der Waals surface area contributed by atoms with Crippen LogP contribution < -0.4 is 11.1 Å². The van der Waals surface area contributed by atoms with E-state index in [-0.39, 0.29) is 11.3 Å². The van der Waals surface area contributed by atoms with E-state index >= 15 is 0 Å². The topological polar surface area (TPSA) is 55.1 Å². The van der Waals surface area contributed by atoms with E-state index in [0.717, 1.165) is 19.3 Å². The molecule has 0 fully saturated rings. The number of ketones is 1. The van der Waals surface area contributed by atoms with Gasteiger partial charge in [-0.15, -0.1) is 0 Å². The Morgan fingerprint density at radius 1 is 1.06 bits per heavy atom. The van der Waals surface area contributed by atoms with Gasteiger partial charge in [-0.3, -0.25) is 4.79 Å². The molecular weight excluding hydrogens is 224 g/mol. The summed E-state index contributed by atoms with van der Waals surface area (Å²) >= 11 is 0.